The highest BCUT2D eigenvalue weighted by Gasteiger charge is 2.14. The maximum atomic E-state index is 4.48. The molecule has 2 aromatic heterocycles. The quantitative estimate of drug-likeness (QED) is 0.906. The van der Waals surface area contributed by atoms with E-state index in [-0.39, 0.29) is 0 Å². The molecule has 5 heteroatoms. The first kappa shape index (κ1) is 13.9. The fourth-order valence-corrected chi connectivity index (χ4v) is 2.72. The molecule has 1 atom stereocenters. The van der Waals surface area contributed by atoms with Crippen LogP contribution in [0.1, 0.15) is 42.3 Å². The van der Waals surface area contributed by atoms with Crippen molar-refractivity contribution >= 4 is 11.8 Å². The molecule has 0 unspecified atom stereocenters. The van der Waals surface area contributed by atoms with Crippen molar-refractivity contribution in [1.82, 2.24) is 20.3 Å². The van der Waals surface area contributed by atoms with Crippen molar-refractivity contribution in [3.8, 4) is 0 Å². The summed E-state index contributed by atoms with van der Waals surface area (Å²) in [4.78, 5) is 13.2. The van der Waals surface area contributed by atoms with Crippen molar-refractivity contribution in [1.29, 1.82) is 0 Å². The zero-order chi connectivity index (χ0) is 14.7. The van der Waals surface area contributed by atoms with Crippen molar-refractivity contribution in [3.63, 3.8) is 0 Å². The van der Waals surface area contributed by atoms with Gasteiger partial charge in [0.15, 0.2) is 0 Å². The maximum absolute atomic E-state index is 4.48. The van der Waals surface area contributed by atoms with Crippen LogP contribution in [-0.2, 0) is 0 Å². The Hall–Kier alpha value is -2.01. The van der Waals surface area contributed by atoms with Gasteiger partial charge in [-0.1, -0.05) is 12.5 Å². The van der Waals surface area contributed by atoms with Gasteiger partial charge in [0, 0.05) is 23.6 Å². The van der Waals surface area contributed by atoms with Crippen LogP contribution < -0.4 is 10.6 Å². The van der Waals surface area contributed by atoms with Gasteiger partial charge < -0.3 is 10.6 Å². The smallest absolute Gasteiger partial charge is 0.228 e. The Labute approximate surface area is 125 Å². The highest BCUT2D eigenvalue weighted by Crippen LogP contribution is 2.23. The van der Waals surface area contributed by atoms with Crippen LogP contribution in [0.25, 0.3) is 0 Å². The minimum absolute atomic E-state index is 0.442. The van der Waals surface area contributed by atoms with Gasteiger partial charge >= 0.3 is 0 Å². The average molecular weight is 283 g/mol. The molecule has 21 heavy (non-hydrogen) atoms. The van der Waals surface area contributed by atoms with Gasteiger partial charge in [-0.25, -0.2) is 15.0 Å². The lowest BCUT2D eigenvalue weighted by molar-refractivity contribution is 0.411. The van der Waals surface area contributed by atoms with E-state index >= 15 is 0 Å². The molecule has 3 rings (SSSR count). The summed E-state index contributed by atoms with van der Waals surface area (Å²) in [6.07, 6.45) is 5.68. The van der Waals surface area contributed by atoms with Crippen molar-refractivity contribution in [2.45, 2.75) is 39.2 Å². The third-order valence-corrected chi connectivity index (χ3v) is 3.72. The number of aryl methyl sites for hydroxylation is 2. The van der Waals surface area contributed by atoms with E-state index in [0.29, 0.717) is 12.0 Å². The van der Waals surface area contributed by atoms with Crippen LogP contribution in [0.4, 0.5) is 11.8 Å². The van der Waals surface area contributed by atoms with Crippen LogP contribution >= 0.6 is 0 Å². The van der Waals surface area contributed by atoms with Crippen LogP contribution in [0.15, 0.2) is 24.4 Å². The van der Waals surface area contributed by atoms with E-state index in [2.05, 4.69) is 31.7 Å². The van der Waals surface area contributed by atoms with Crippen LogP contribution in [0.2, 0.25) is 0 Å². The van der Waals surface area contributed by atoms with E-state index in [1.165, 1.54) is 24.8 Å². The third-order valence-electron chi connectivity index (χ3n) is 3.72. The summed E-state index contributed by atoms with van der Waals surface area (Å²) in [7, 11) is 0. The number of nitrogens with zero attached hydrogens (tertiary/aromatic N) is 3. The fourth-order valence-electron chi connectivity index (χ4n) is 2.72. The predicted octanol–water partition coefficient (Wildman–Crippen LogP) is 3.05. The van der Waals surface area contributed by atoms with E-state index < -0.39 is 0 Å². The Kier molecular flexibility index (Phi) is 4.10. The Balaban J connectivity index is 1.71. The molecule has 0 aliphatic carbocycles. The molecule has 0 radical (unpaired) electrons. The molecular weight excluding hydrogens is 262 g/mol. The van der Waals surface area contributed by atoms with Gasteiger partial charge in [-0.2, -0.15) is 0 Å². The summed E-state index contributed by atoms with van der Waals surface area (Å²) in [5.74, 6) is 1.38. The summed E-state index contributed by atoms with van der Waals surface area (Å²) in [5.41, 5.74) is 3.16. The minimum atomic E-state index is 0.442. The first-order valence-corrected chi connectivity index (χ1v) is 7.49. The SMILES string of the molecule is Cc1cc(C)nc(Nc2ccc([C@@H]3CCCCN3)cn2)n1. The number of pyridine rings is 1. The Morgan fingerprint density at radius 3 is 2.57 bits per heavy atom. The van der Waals surface area contributed by atoms with Gasteiger partial charge in [0.2, 0.25) is 5.95 Å². The summed E-state index contributed by atoms with van der Waals surface area (Å²) in [6.45, 7) is 5.03. The first-order chi connectivity index (χ1) is 10.2. The molecule has 2 aromatic rings. The molecule has 1 aliphatic heterocycles. The molecule has 3 heterocycles. The van der Waals surface area contributed by atoms with Gasteiger partial charge in [0.1, 0.15) is 5.82 Å². The summed E-state index contributed by atoms with van der Waals surface area (Å²) in [5, 5.41) is 6.70. The summed E-state index contributed by atoms with van der Waals surface area (Å²) < 4.78 is 0. The summed E-state index contributed by atoms with van der Waals surface area (Å²) in [6, 6.07) is 6.52. The van der Waals surface area contributed by atoms with Crippen LogP contribution in [-0.4, -0.2) is 21.5 Å². The largest absolute Gasteiger partial charge is 0.310 e. The lowest BCUT2D eigenvalue weighted by atomic mass is 9.99. The molecule has 0 spiro atoms. The second-order valence-corrected chi connectivity index (χ2v) is 5.58. The average Bonchev–Trinajstić information content (AvgIpc) is 2.48. The summed E-state index contributed by atoms with van der Waals surface area (Å²) >= 11 is 0. The molecule has 0 amide bonds. The topological polar surface area (TPSA) is 62.7 Å². The zero-order valence-corrected chi connectivity index (χ0v) is 12.6. The highest BCUT2D eigenvalue weighted by atomic mass is 15.1. The normalized spacial score (nSPS) is 18.5. The fraction of sp³-hybridized carbons (Fsp3) is 0.438. The van der Waals surface area contributed by atoms with Gasteiger partial charge in [0.25, 0.3) is 0 Å². The van der Waals surface area contributed by atoms with Crippen LogP contribution in [0.3, 0.4) is 0 Å². The standard InChI is InChI=1S/C16H21N5/c1-11-9-12(2)20-16(19-11)21-15-7-6-13(10-18-15)14-5-3-4-8-17-14/h6-7,9-10,14,17H,3-5,8H2,1-2H3,(H,18,19,20,21)/t14-/m0/s1. The van der Waals surface area contributed by atoms with Gasteiger partial charge in [-0.15, -0.1) is 0 Å². The van der Waals surface area contributed by atoms with Crippen LogP contribution in [0.5, 0.6) is 0 Å². The molecular formula is C16H21N5. The van der Waals surface area contributed by atoms with E-state index in [1.807, 2.05) is 32.2 Å². The molecule has 1 aliphatic rings. The van der Waals surface area contributed by atoms with Gasteiger partial charge in [0.05, 0.1) is 0 Å². The van der Waals surface area contributed by atoms with E-state index in [9.17, 15) is 0 Å². The minimum Gasteiger partial charge on any atom is -0.310 e. The number of anilines is 2. The van der Waals surface area contributed by atoms with Crippen molar-refractivity contribution < 1.29 is 0 Å². The molecule has 1 fully saturated rings. The van der Waals surface area contributed by atoms with E-state index in [1.54, 1.807) is 0 Å². The van der Waals surface area contributed by atoms with Crippen molar-refractivity contribution in [2.24, 2.45) is 0 Å². The molecule has 0 aromatic carbocycles. The van der Waals surface area contributed by atoms with Crippen molar-refractivity contribution in [2.75, 3.05) is 11.9 Å². The number of rotatable bonds is 3. The molecule has 2 N–H and O–H groups in total. The monoisotopic (exact) mass is 283 g/mol. The third kappa shape index (κ3) is 3.55. The van der Waals surface area contributed by atoms with Gasteiger partial charge in [-0.3, -0.25) is 0 Å². The van der Waals surface area contributed by atoms with Gasteiger partial charge in [-0.05, 0) is 50.9 Å². The number of piperidine rings is 1. The van der Waals surface area contributed by atoms with E-state index in [4.69, 9.17) is 0 Å². The zero-order valence-electron chi connectivity index (χ0n) is 12.6. The lowest BCUT2D eigenvalue weighted by Crippen LogP contribution is -2.26. The number of nitrogens with one attached hydrogen (secondary N) is 2. The molecule has 1 saturated heterocycles. The van der Waals surface area contributed by atoms with Crippen molar-refractivity contribution in [3.05, 3.63) is 41.3 Å². The second-order valence-electron chi connectivity index (χ2n) is 5.58. The highest BCUT2D eigenvalue weighted by molar-refractivity contribution is 5.48. The predicted molar refractivity (Wildman–Crippen MR) is 83.6 cm³/mol. The number of hydrogen-bond donors (Lipinski definition) is 2. The Morgan fingerprint density at radius 1 is 1.14 bits per heavy atom. The molecule has 110 valence electrons. The second kappa shape index (κ2) is 6.18. The first-order valence-electron chi connectivity index (χ1n) is 7.49. The molecule has 5 nitrogen and oxygen atoms in total. The number of hydrogen-bond acceptors (Lipinski definition) is 5. The number of aromatic nitrogens is 3. The van der Waals surface area contributed by atoms with E-state index in [0.717, 1.165) is 23.8 Å². The molecule has 0 saturated carbocycles. The van der Waals surface area contributed by atoms with Crippen LogP contribution in [0, 0.1) is 13.8 Å². The lowest BCUT2D eigenvalue weighted by Gasteiger charge is -2.23. The Morgan fingerprint density at radius 2 is 1.95 bits per heavy atom. The molecule has 0 bridgehead atoms. The maximum Gasteiger partial charge on any atom is 0.228 e. The Bertz CT molecular complexity index is 582.